The van der Waals surface area contributed by atoms with E-state index in [0.29, 0.717) is 0 Å². The summed E-state index contributed by atoms with van der Waals surface area (Å²) < 4.78 is 0. The number of aliphatic hydroxyl groups is 3. The molecule has 0 saturated carbocycles. The third-order valence-electron chi connectivity index (χ3n) is 0.357. The maximum Gasteiger partial charge on any atom is 0.282 e. The van der Waals surface area contributed by atoms with Gasteiger partial charge in [-0.15, -0.1) is 0 Å². The van der Waals surface area contributed by atoms with E-state index in [1.54, 1.807) is 0 Å². The Kier molecular flexibility index (Phi) is 1.89. The molecule has 0 atom stereocenters. The minimum atomic E-state index is -2.82. The zero-order chi connectivity index (χ0) is 5.91. The molecule has 0 rings (SSSR count). The van der Waals surface area contributed by atoms with E-state index in [1.165, 1.54) is 0 Å². The van der Waals surface area contributed by atoms with Gasteiger partial charge in [-0.05, 0) is 0 Å². The molecule has 7 heavy (non-hydrogen) atoms. The molecule has 0 unspecified atom stereocenters. The highest BCUT2D eigenvalue weighted by Gasteiger charge is 2.15. The minimum absolute atomic E-state index is 0.208. The van der Waals surface area contributed by atoms with E-state index in [-0.39, 0.29) is 6.29 Å². The molecular formula is C3H6O4. The lowest BCUT2D eigenvalue weighted by Crippen LogP contribution is -2.26. The molecule has 0 aliphatic heterocycles. The summed E-state index contributed by atoms with van der Waals surface area (Å²) in [5.74, 6) is -2.82. The second-order valence-electron chi connectivity index (χ2n) is 1.15. The summed E-state index contributed by atoms with van der Waals surface area (Å²) in [6.07, 6.45) is -0.465. The first-order chi connectivity index (χ1) is 3.06. The van der Waals surface area contributed by atoms with Crippen LogP contribution in [0.1, 0.15) is 6.42 Å². The average molecular weight is 106 g/mol. The molecule has 0 radical (unpaired) electrons. The first-order valence-corrected chi connectivity index (χ1v) is 1.67. The molecule has 0 amide bonds. The summed E-state index contributed by atoms with van der Waals surface area (Å²) in [6, 6.07) is 0. The van der Waals surface area contributed by atoms with Crippen LogP contribution in [0.5, 0.6) is 0 Å². The minimum Gasteiger partial charge on any atom is -0.343 e. The predicted molar refractivity (Wildman–Crippen MR) is 20.1 cm³/mol. The fraction of sp³-hybridized carbons (Fsp3) is 0.667. The third-order valence-corrected chi connectivity index (χ3v) is 0.357. The van der Waals surface area contributed by atoms with E-state index in [2.05, 4.69) is 0 Å². The van der Waals surface area contributed by atoms with E-state index in [4.69, 9.17) is 15.3 Å². The fourth-order valence-electron chi connectivity index (χ4n) is 0.112. The van der Waals surface area contributed by atoms with Crippen LogP contribution in [0.15, 0.2) is 0 Å². The van der Waals surface area contributed by atoms with Crippen LogP contribution >= 0.6 is 0 Å². The monoisotopic (exact) mass is 106 g/mol. The topological polar surface area (TPSA) is 77.8 Å². The van der Waals surface area contributed by atoms with Crippen molar-refractivity contribution < 1.29 is 20.1 Å². The van der Waals surface area contributed by atoms with E-state index in [9.17, 15) is 4.79 Å². The van der Waals surface area contributed by atoms with Gasteiger partial charge in [0, 0.05) is 0 Å². The highest BCUT2D eigenvalue weighted by Crippen LogP contribution is 1.93. The molecule has 0 aromatic rings. The van der Waals surface area contributed by atoms with E-state index in [0.717, 1.165) is 0 Å². The van der Waals surface area contributed by atoms with Crippen molar-refractivity contribution >= 4 is 6.29 Å². The number of hydrogen-bond donors (Lipinski definition) is 3. The molecule has 42 valence electrons. The molecule has 4 nitrogen and oxygen atoms in total. The lowest BCUT2D eigenvalue weighted by atomic mass is 10.4. The van der Waals surface area contributed by atoms with Gasteiger partial charge in [0.25, 0.3) is 5.97 Å². The molecule has 0 aliphatic carbocycles. The predicted octanol–water partition coefficient (Wildman–Crippen LogP) is -1.79. The quantitative estimate of drug-likeness (QED) is 0.287. The Labute approximate surface area is 40.0 Å². The molecular weight excluding hydrogens is 100 g/mol. The van der Waals surface area contributed by atoms with Crippen LogP contribution in [0.3, 0.4) is 0 Å². The van der Waals surface area contributed by atoms with E-state index >= 15 is 0 Å². The molecule has 0 aliphatic rings. The van der Waals surface area contributed by atoms with Gasteiger partial charge in [0.1, 0.15) is 6.29 Å². The average Bonchev–Trinajstić information content (AvgIpc) is 1.30. The van der Waals surface area contributed by atoms with Crippen molar-refractivity contribution in [3.05, 3.63) is 0 Å². The van der Waals surface area contributed by atoms with Crippen LogP contribution < -0.4 is 0 Å². The SMILES string of the molecule is O=CCC(O)(O)O. The maximum atomic E-state index is 9.34. The lowest BCUT2D eigenvalue weighted by molar-refractivity contribution is -0.307. The van der Waals surface area contributed by atoms with Crippen LogP contribution in [-0.4, -0.2) is 27.6 Å². The van der Waals surface area contributed by atoms with Gasteiger partial charge < -0.3 is 20.1 Å². The highest BCUT2D eigenvalue weighted by atomic mass is 16.7. The van der Waals surface area contributed by atoms with Gasteiger partial charge in [-0.25, -0.2) is 0 Å². The van der Waals surface area contributed by atoms with Crippen molar-refractivity contribution in [3.63, 3.8) is 0 Å². The van der Waals surface area contributed by atoms with E-state index in [1.807, 2.05) is 0 Å². The molecule has 0 aromatic heterocycles. The number of carbonyl (C=O) groups excluding carboxylic acids is 1. The van der Waals surface area contributed by atoms with Crippen LogP contribution in [-0.2, 0) is 4.79 Å². The molecule has 0 heterocycles. The standard InChI is InChI=1S/C3H6O4/c4-2-1-3(5,6)7/h2,5-7H,1H2. The number of hydrogen-bond acceptors (Lipinski definition) is 4. The Morgan fingerprint density at radius 3 is 1.86 bits per heavy atom. The Morgan fingerprint density at radius 1 is 1.43 bits per heavy atom. The molecule has 0 saturated heterocycles. The van der Waals surface area contributed by atoms with Crippen molar-refractivity contribution in [2.24, 2.45) is 0 Å². The summed E-state index contributed by atoms with van der Waals surface area (Å²) in [7, 11) is 0. The Morgan fingerprint density at radius 2 is 1.86 bits per heavy atom. The zero-order valence-electron chi connectivity index (χ0n) is 3.53. The van der Waals surface area contributed by atoms with Crippen molar-refractivity contribution in [3.8, 4) is 0 Å². The summed E-state index contributed by atoms with van der Waals surface area (Å²) in [5.41, 5.74) is 0. The fourth-order valence-corrected chi connectivity index (χ4v) is 0.112. The van der Waals surface area contributed by atoms with Gasteiger partial charge in [0.15, 0.2) is 0 Å². The summed E-state index contributed by atoms with van der Waals surface area (Å²) in [6.45, 7) is 0. The van der Waals surface area contributed by atoms with Crippen molar-refractivity contribution in [2.75, 3.05) is 0 Å². The van der Waals surface area contributed by atoms with E-state index < -0.39 is 12.4 Å². The van der Waals surface area contributed by atoms with Crippen molar-refractivity contribution in [1.82, 2.24) is 0 Å². The molecule has 0 bridgehead atoms. The van der Waals surface area contributed by atoms with Gasteiger partial charge in [0.05, 0.1) is 6.42 Å². The Hall–Kier alpha value is -0.450. The molecule has 0 fully saturated rings. The van der Waals surface area contributed by atoms with Crippen LogP contribution in [0.2, 0.25) is 0 Å². The summed E-state index contributed by atoms with van der Waals surface area (Å²) >= 11 is 0. The summed E-state index contributed by atoms with van der Waals surface area (Å²) in [5, 5.41) is 23.7. The molecule has 0 aromatic carbocycles. The smallest absolute Gasteiger partial charge is 0.282 e. The van der Waals surface area contributed by atoms with Crippen LogP contribution in [0.4, 0.5) is 0 Å². The Bertz CT molecular complexity index is 61.8. The van der Waals surface area contributed by atoms with Crippen LogP contribution in [0.25, 0.3) is 0 Å². The Balaban J connectivity index is 3.34. The first-order valence-electron chi connectivity index (χ1n) is 1.67. The van der Waals surface area contributed by atoms with Crippen molar-refractivity contribution in [2.45, 2.75) is 12.4 Å². The normalized spacial score (nSPS) is 11.3. The van der Waals surface area contributed by atoms with Crippen molar-refractivity contribution in [1.29, 1.82) is 0 Å². The molecule has 4 heteroatoms. The number of rotatable bonds is 2. The van der Waals surface area contributed by atoms with Gasteiger partial charge in [-0.2, -0.15) is 0 Å². The van der Waals surface area contributed by atoms with Gasteiger partial charge in [-0.1, -0.05) is 0 Å². The maximum absolute atomic E-state index is 9.34. The zero-order valence-corrected chi connectivity index (χ0v) is 3.53. The second-order valence-corrected chi connectivity index (χ2v) is 1.15. The first kappa shape index (κ1) is 6.55. The lowest BCUT2D eigenvalue weighted by Gasteiger charge is -2.07. The van der Waals surface area contributed by atoms with Gasteiger partial charge in [-0.3, -0.25) is 0 Å². The molecule has 3 N–H and O–H groups in total. The van der Waals surface area contributed by atoms with Crippen LogP contribution in [0, 0.1) is 0 Å². The number of carbonyl (C=O) groups is 1. The van der Waals surface area contributed by atoms with Gasteiger partial charge in [0.2, 0.25) is 0 Å². The number of aldehydes is 1. The second kappa shape index (κ2) is 2.02. The molecule has 0 spiro atoms. The highest BCUT2D eigenvalue weighted by molar-refractivity contribution is 5.50. The van der Waals surface area contributed by atoms with Gasteiger partial charge >= 0.3 is 0 Å². The largest absolute Gasteiger partial charge is 0.343 e. The summed E-state index contributed by atoms with van der Waals surface area (Å²) in [4.78, 5) is 9.34. The third kappa shape index (κ3) is 5.55.